The highest BCUT2D eigenvalue weighted by atomic mass is 16.1. The molecule has 2 aromatic carbocycles. The molecule has 0 aliphatic carbocycles. The molecule has 31 heavy (non-hydrogen) atoms. The molecule has 5 rings (SSSR count). The lowest BCUT2D eigenvalue weighted by molar-refractivity contribution is 0.515. The topological polar surface area (TPSA) is 97.2 Å². The molecule has 0 fully saturated rings. The molecular formula is C23H23N7O. The number of nitrogens with zero attached hydrogens (tertiary/aromatic N) is 5. The predicted molar refractivity (Wildman–Crippen MR) is 120 cm³/mol. The number of H-pyrrole nitrogens is 2. The van der Waals surface area contributed by atoms with Crippen LogP contribution in [0.1, 0.15) is 13.8 Å². The van der Waals surface area contributed by atoms with E-state index >= 15 is 0 Å². The molecule has 2 N–H and O–H groups in total. The molecule has 0 spiro atoms. The van der Waals surface area contributed by atoms with E-state index in [1.807, 2.05) is 60.4 Å². The predicted octanol–water partition coefficient (Wildman–Crippen LogP) is 3.84. The molecule has 0 amide bonds. The minimum absolute atomic E-state index is 0.229. The van der Waals surface area contributed by atoms with Gasteiger partial charge < -0.3 is 4.98 Å². The molecule has 0 atom stereocenters. The highest BCUT2D eigenvalue weighted by Gasteiger charge is 2.21. The fourth-order valence-electron chi connectivity index (χ4n) is 3.81. The number of hydrogen-bond donors (Lipinski definition) is 2. The van der Waals surface area contributed by atoms with E-state index in [0.29, 0.717) is 24.0 Å². The molecule has 0 aliphatic rings. The second-order valence-corrected chi connectivity index (χ2v) is 8.07. The molecule has 0 saturated carbocycles. The molecule has 0 bridgehead atoms. The van der Waals surface area contributed by atoms with E-state index in [4.69, 9.17) is 4.98 Å². The van der Waals surface area contributed by atoms with Crippen LogP contribution >= 0.6 is 0 Å². The van der Waals surface area contributed by atoms with Crippen molar-refractivity contribution in [3.8, 4) is 34.2 Å². The number of nitrogens with one attached hydrogen (secondary N) is 2. The summed E-state index contributed by atoms with van der Waals surface area (Å²) >= 11 is 0. The number of aromatic nitrogens is 7. The molecule has 8 nitrogen and oxygen atoms in total. The average molecular weight is 413 g/mol. The smallest absolute Gasteiger partial charge is 0.335 e. The zero-order valence-electron chi connectivity index (χ0n) is 17.6. The van der Waals surface area contributed by atoms with Gasteiger partial charge in [-0.05, 0) is 12.0 Å². The van der Waals surface area contributed by atoms with Crippen molar-refractivity contribution in [3.05, 3.63) is 65.2 Å². The van der Waals surface area contributed by atoms with Crippen LogP contribution in [-0.2, 0) is 13.6 Å². The van der Waals surface area contributed by atoms with E-state index in [1.165, 1.54) is 0 Å². The Hall–Kier alpha value is -3.94. The average Bonchev–Trinajstić information content (AvgIpc) is 3.46. The summed E-state index contributed by atoms with van der Waals surface area (Å²) in [5.41, 5.74) is 4.12. The normalized spacial score (nSPS) is 11.6. The van der Waals surface area contributed by atoms with E-state index in [-0.39, 0.29) is 5.69 Å². The number of aryl methyl sites for hydroxylation is 1. The van der Waals surface area contributed by atoms with E-state index in [1.54, 1.807) is 4.57 Å². The van der Waals surface area contributed by atoms with E-state index in [9.17, 15) is 4.79 Å². The molecule has 0 saturated heterocycles. The number of fused-ring (bicyclic) bond motifs is 1. The Morgan fingerprint density at radius 3 is 2.65 bits per heavy atom. The summed E-state index contributed by atoms with van der Waals surface area (Å²) in [6, 6.07) is 16.0. The van der Waals surface area contributed by atoms with E-state index in [2.05, 4.69) is 40.2 Å². The van der Waals surface area contributed by atoms with Crippen LogP contribution < -0.4 is 5.69 Å². The Bertz CT molecular complexity index is 1420. The van der Waals surface area contributed by atoms with Gasteiger partial charge in [-0.25, -0.2) is 14.9 Å². The molecule has 0 aliphatic heterocycles. The van der Waals surface area contributed by atoms with Gasteiger partial charge in [0.05, 0.1) is 11.7 Å². The van der Waals surface area contributed by atoms with E-state index < -0.39 is 0 Å². The Kier molecular flexibility index (Phi) is 4.54. The summed E-state index contributed by atoms with van der Waals surface area (Å²) < 4.78 is 3.51. The Labute approximate surface area is 178 Å². The molecule has 3 aromatic heterocycles. The van der Waals surface area contributed by atoms with Crippen LogP contribution in [-0.4, -0.2) is 34.5 Å². The monoisotopic (exact) mass is 413 g/mol. The fraction of sp³-hybridized carbons (Fsp3) is 0.217. The Morgan fingerprint density at radius 1 is 1.06 bits per heavy atom. The second-order valence-electron chi connectivity index (χ2n) is 8.07. The number of benzene rings is 2. The largest absolute Gasteiger partial charge is 0.343 e. The van der Waals surface area contributed by atoms with Crippen molar-refractivity contribution in [2.24, 2.45) is 13.0 Å². The van der Waals surface area contributed by atoms with Crippen molar-refractivity contribution in [1.82, 2.24) is 34.5 Å². The van der Waals surface area contributed by atoms with Gasteiger partial charge in [-0.2, -0.15) is 10.2 Å². The minimum atomic E-state index is -0.229. The third kappa shape index (κ3) is 3.35. The maximum atomic E-state index is 12.5. The van der Waals surface area contributed by atoms with Gasteiger partial charge in [0.1, 0.15) is 17.2 Å². The first kappa shape index (κ1) is 19.0. The van der Waals surface area contributed by atoms with Crippen molar-refractivity contribution in [2.75, 3.05) is 0 Å². The molecule has 5 aromatic rings. The molecule has 156 valence electrons. The van der Waals surface area contributed by atoms with E-state index in [0.717, 1.165) is 33.5 Å². The first-order chi connectivity index (χ1) is 15.0. The number of rotatable bonds is 5. The maximum Gasteiger partial charge on any atom is 0.343 e. The zero-order chi connectivity index (χ0) is 21.5. The Balaban J connectivity index is 1.74. The first-order valence-corrected chi connectivity index (χ1v) is 10.2. The van der Waals surface area contributed by atoms with Crippen LogP contribution in [0, 0.1) is 5.92 Å². The van der Waals surface area contributed by atoms with Gasteiger partial charge in [-0.1, -0.05) is 56.3 Å². The number of imidazole rings is 1. The highest BCUT2D eigenvalue weighted by Crippen LogP contribution is 2.33. The van der Waals surface area contributed by atoms with Gasteiger partial charge in [-0.15, -0.1) is 0 Å². The van der Waals surface area contributed by atoms with Crippen molar-refractivity contribution in [2.45, 2.75) is 20.4 Å². The van der Waals surface area contributed by atoms with Crippen LogP contribution in [0.2, 0.25) is 0 Å². The van der Waals surface area contributed by atoms with Crippen LogP contribution in [0.3, 0.4) is 0 Å². The van der Waals surface area contributed by atoms with Gasteiger partial charge in [-0.3, -0.25) is 9.25 Å². The maximum absolute atomic E-state index is 12.5. The Morgan fingerprint density at radius 2 is 1.87 bits per heavy atom. The lowest BCUT2D eigenvalue weighted by Gasteiger charge is -2.08. The summed E-state index contributed by atoms with van der Waals surface area (Å²) in [5, 5.41) is 12.3. The molecule has 8 heteroatoms. The molecular weight excluding hydrogens is 390 g/mol. The fourth-order valence-corrected chi connectivity index (χ4v) is 3.81. The summed E-state index contributed by atoms with van der Waals surface area (Å²) in [4.78, 5) is 20.8. The van der Waals surface area contributed by atoms with Gasteiger partial charge >= 0.3 is 5.69 Å². The molecule has 0 unspecified atom stereocenters. The number of hydrogen-bond acceptors (Lipinski definition) is 4. The minimum Gasteiger partial charge on any atom is -0.335 e. The van der Waals surface area contributed by atoms with Crippen LogP contribution in [0.15, 0.2) is 59.5 Å². The summed E-state index contributed by atoms with van der Waals surface area (Å²) in [7, 11) is 1.92. The number of aromatic amines is 2. The summed E-state index contributed by atoms with van der Waals surface area (Å²) in [6.45, 7) is 4.70. The second kappa shape index (κ2) is 7.39. The lowest BCUT2D eigenvalue weighted by atomic mass is 10.1. The third-order valence-corrected chi connectivity index (χ3v) is 5.30. The SMILES string of the molecule is CC(C)Cn1c(-c2[nH]c(-c3ccccc3)nc2-c2ccc3cnn(C)c3c2)n[nH]c1=O. The lowest BCUT2D eigenvalue weighted by Crippen LogP contribution is -2.20. The van der Waals surface area contributed by atoms with Crippen molar-refractivity contribution < 1.29 is 0 Å². The van der Waals surface area contributed by atoms with Crippen LogP contribution in [0.5, 0.6) is 0 Å². The van der Waals surface area contributed by atoms with Gasteiger partial charge in [0, 0.05) is 30.1 Å². The van der Waals surface area contributed by atoms with Gasteiger partial charge in [0.15, 0.2) is 5.82 Å². The summed E-state index contributed by atoms with van der Waals surface area (Å²) in [6.07, 6.45) is 1.84. The van der Waals surface area contributed by atoms with Crippen molar-refractivity contribution in [3.63, 3.8) is 0 Å². The standard InChI is InChI=1S/C23H23N7O/c1-14(2)13-30-22(27-28-23(30)31)20-19(25-21(26-20)15-7-5-4-6-8-15)16-9-10-17-12-24-29(3)18(17)11-16/h4-12,14H,13H2,1-3H3,(H,25,26)(H,28,31). The first-order valence-electron chi connectivity index (χ1n) is 10.2. The molecule has 3 heterocycles. The van der Waals surface area contributed by atoms with Gasteiger partial charge in [0.2, 0.25) is 0 Å². The highest BCUT2D eigenvalue weighted by molar-refractivity contribution is 5.87. The zero-order valence-corrected chi connectivity index (χ0v) is 17.6. The van der Waals surface area contributed by atoms with Gasteiger partial charge in [0.25, 0.3) is 0 Å². The summed E-state index contributed by atoms with van der Waals surface area (Å²) in [5.74, 6) is 1.57. The molecule has 0 radical (unpaired) electrons. The quantitative estimate of drug-likeness (QED) is 0.457. The van der Waals surface area contributed by atoms with Crippen LogP contribution in [0.25, 0.3) is 45.1 Å². The van der Waals surface area contributed by atoms with Crippen molar-refractivity contribution >= 4 is 10.9 Å². The van der Waals surface area contributed by atoms with Crippen LogP contribution in [0.4, 0.5) is 0 Å². The van der Waals surface area contributed by atoms with Crippen molar-refractivity contribution in [1.29, 1.82) is 0 Å². The third-order valence-electron chi connectivity index (χ3n) is 5.30.